The molecule has 1 saturated heterocycles. The van der Waals surface area contributed by atoms with Crippen LogP contribution >= 0.6 is 0 Å². The molecule has 0 amide bonds. The van der Waals surface area contributed by atoms with E-state index in [1.807, 2.05) is 13.0 Å². The summed E-state index contributed by atoms with van der Waals surface area (Å²) in [5, 5.41) is 9.79. The molecule has 1 atom stereocenters. The van der Waals surface area contributed by atoms with Gasteiger partial charge in [0.25, 0.3) is 0 Å². The van der Waals surface area contributed by atoms with Crippen LogP contribution in [0.25, 0.3) is 6.08 Å². The number of hydrogen-bond donors (Lipinski definition) is 1. The van der Waals surface area contributed by atoms with Gasteiger partial charge >= 0.3 is 0 Å². The Morgan fingerprint density at radius 1 is 1.16 bits per heavy atom. The first kappa shape index (κ1) is 14.3. The monoisotopic (exact) mass is 260 g/mol. The van der Waals surface area contributed by atoms with Crippen molar-refractivity contribution in [3.63, 3.8) is 0 Å². The van der Waals surface area contributed by atoms with E-state index < -0.39 is 0 Å². The SMILES string of the molecule is CCC(O)N1CCN(CC=Cc2ccccc2)CC1. The van der Waals surface area contributed by atoms with Gasteiger partial charge in [-0.25, -0.2) is 0 Å². The Balaban J connectivity index is 1.73. The minimum atomic E-state index is -0.262. The molecular formula is C16H24N2O. The standard InChI is InChI=1S/C16H24N2O/c1-2-16(19)18-13-11-17(12-14-18)10-6-9-15-7-4-3-5-8-15/h3-9,16,19H,2,10-14H2,1H3. The van der Waals surface area contributed by atoms with Crippen LogP contribution in [-0.4, -0.2) is 53.9 Å². The van der Waals surface area contributed by atoms with Crippen molar-refractivity contribution >= 4 is 6.08 Å². The second-order valence-electron chi connectivity index (χ2n) is 5.04. The maximum Gasteiger partial charge on any atom is 0.107 e. The van der Waals surface area contributed by atoms with E-state index >= 15 is 0 Å². The molecule has 104 valence electrons. The summed E-state index contributed by atoms with van der Waals surface area (Å²) in [6, 6.07) is 10.4. The minimum Gasteiger partial charge on any atom is -0.378 e. The number of piperazine rings is 1. The number of aliphatic hydroxyl groups excluding tert-OH is 1. The molecule has 3 nitrogen and oxygen atoms in total. The number of benzene rings is 1. The van der Waals surface area contributed by atoms with Gasteiger partial charge in [0.2, 0.25) is 0 Å². The van der Waals surface area contributed by atoms with Crippen molar-refractivity contribution in [3.8, 4) is 0 Å². The highest BCUT2D eigenvalue weighted by Gasteiger charge is 2.19. The second kappa shape index (κ2) is 7.43. The van der Waals surface area contributed by atoms with Crippen molar-refractivity contribution in [1.29, 1.82) is 0 Å². The van der Waals surface area contributed by atoms with E-state index in [2.05, 4.69) is 46.2 Å². The van der Waals surface area contributed by atoms with Gasteiger partial charge in [-0.2, -0.15) is 0 Å². The van der Waals surface area contributed by atoms with Crippen LogP contribution in [0.1, 0.15) is 18.9 Å². The summed E-state index contributed by atoms with van der Waals surface area (Å²) in [6.45, 7) is 7.03. The Morgan fingerprint density at radius 3 is 2.47 bits per heavy atom. The molecule has 1 aliphatic rings. The van der Waals surface area contributed by atoms with E-state index in [-0.39, 0.29) is 6.23 Å². The molecule has 3 heteroatoms. The van der Waals surface area contributed by atoms with Gasteiger partial charge in [0.15, 0.2) is 0 Å². The lowest BCUT2D eigenvalue weighted by atomic mass is 10.2. The number of hydrogen-bond acceptors (Lipinski definition) is 3. The summed E-state index contributed by atoms with van der Waals surface area (Å²) >= 11 is 0. The summed E-state index contributed by atoms with van der Waals surface area (Å²) in [4.78, 5) is 4.59. The van der Waals surface area contributed by atoms with E-state index in [9.17, 15) is 5.11 Å². The number of rotatable bonds is 5. The average molecular weight is 260 g/mol. The van der Waals surface area contributed by atoms with Crippen LogP contribution < -0.4 is 0 Å². The minimum absolute atomic E-state index is 0.262. The van der Waals surface area contributed by atoms with Gasteiger partial charge in [0, 0.05) is 32.7 Å². The quantitative estimate of drug-likeness (QED) is 0.877. The first-order valence-corrected chi connectivity index (χ1v) is 7.15. The molecule has 0 aliphatic carbocycles. The molecule has 0 bridgehead atoms. The molecule has 0 saturated carbocycles. The number of aliphatic hydroxyl groups is 1. The Bertz CT molecular complexity index is 383. The zero-order valence-electron chi connectivity index (χ0n) is 11.7. The van der Waals surface area contributed by atoms with Crippen molar-refractivity contribution < 1.29 is 5.11 Å². The zero-order chi connectivity index (χ0) is 13.5. The predicted molar refractivity (Wildman–Crippen MR) is 79.8 cm³/mol. The molecule has 1 heterocycles. The third kappa shape index (κ3) is 4.46. The van der Waals surface area contributed by atoms with Gasteiger partial charge in [0.1, 0.15) is 6.23 Å². The van der Waals surface area contributed by atoms with Gasteiger partial charge in [-0.15, -0.1) is 0 Å². The van der Waals surface area contributed by atoms with Crippen molar-refractivity contribution in [1.82, 2.24) is 9.80 Å². The van der Waals surface area contributed by atoms with Crippen LogP contribution in [0.5, 0.6) is 0 Å². The molecule has 2 rings (SSSR count). The second-order valence-corrected chi connectivity index (χ2v) is 5.04. The highest BCUT2D eigenvalue weighted by atomic mass is 16.3. The summed E-state index contributed by atoms with van der Waals surface area (Å²) < 4.78 is 0. The third-order valence-electron chi connectivity index (χ3n) is 3.67. The normalized spacial score (nSPS) is 19.9. The smallest absolute Gasteiger partial charge is 0.107 e. The summed E-state index contributed by atoms with van der Waals surface area (Å²) in [5.41, 5.74) is 1.25. The summed E-state index contributed by atoms with van der Waals surface area (Å²) in [7, 11) is 0. The number of nitrogens with zero attached hydrogens (tertiary/aromatic N) is 2. The van der Waals surface area contributed by atoms with Crippen LogP contribution in [0, 0.1) is 0 Å². The van der Waals surface area contributed by atoms with Gasteiger partial charge in [-0.1, -0.05) is 49.4 Å². The highest BCUT2D eigenvalue weighted by Crippen LogP contribution is 2.07. The predicted octanol–water partition coefficient (Wildman–Crippen LogP) is 2.05. The lowest BCUT2D eigenvalue weighted by Gasteiger charge is -2.36. The molecular weight excluding hydrogens is 236 g/mol. The van der Waals surface area contributed by atoms with Crippen LogP contribution in [-0.2, 0) is 0 Å². The lowest BCUT2D eigenvalue weighted by Crippen LogP contribution is -2.50. The fraction of sp³-hybridized carbons (Fsp3) is 0.500. The first-order chi connectivity index (χ1) is 9.29. The van der Waals surface area contributed by atoms with Crippen LogP contribution in [0.15, 0.2) is 36.4 Å². The van der Waals surface area contributed by atoms with Gasteiger partial charge in [-0.3, -0.25) is 9.80 Å². The van der Waals surface area contributed by atoms with Crippen LogP contribution in [0.3, 0.4) is 0 Å². The van der Waals surface area contributed by atoms with E-state index in [4.69, 9.17) is 0 Å². The van der Waals surface area contributed by atoms with Crippen molar-refractivity contribution in [2.45, 2.75) is 19.6 Å². The largest absolute Gasteiger partial charge is 0.378 e. The molecule has 1 fully saturated rings. The molecule has 0 aromatic heterocycles. The first-order valence-electron chi connectivity index (χ1n) is 7.15. The fourth-order valence-corrected chi connectivity index (χ4v) is 2.40. The molecule has 1 aromatic rings. The Morgan fingerprint density at radius 2 is 1.84 bits per heavy atom. The molecule has 1 unspecified atom stereocenters. The topological polar surface area (TPSA) is 26.7 Å². The summed E-state index contributed by atoms with van der Waals surface area (Å²) in [5.74, 6) is 0. The molecule has 0 radical (unpaired) electrons. The Labute approximate surface area is 116 Å². The van der Waals surface area contributed by atoms with Gasteiger partial charge in [0.05, 0.1) is 0 Å². The molecule has 0 spiro atoms. The summed E-state index contributed by atoms with van der Waals surface area (Å²) in [6.07, 6.45) is 4.95. The van der Waals surface area contributed by atoms with Crippen molar-refractivity contribution in [2.75, 3.05) is 32.7 Å². The Hall–Kier alpha value is -1.16. The Kier molecular flexibility index (Phi) is 5.58. The average Bonchev–Trinajstić information content (AvgIpc) is 2.48. The van der Waals surface area contributed by atoms with Crippen molar-refractivity contribution in [3.05, 3.63) is 42.0 Å². The molecule has 1 aliphatic heterocycles. The van der Waals surface area contributed by atoms with Crippen molar-refractivity contribution in [2.24, 2.45) is 0 Å². The maximum absolute atomic E-state index is 9.79. The van der Waals surface area contributed by atoms with Crippen LogP contribution in [0.2, 0.25) is 0 Å². The van der Waals surface area contributed by atoms with E-state index in [1.54, 1.807) is 0 Å². The van der Waals surface area contributed by atoms with E-state index in [0.29, 0.717) is 0 Å². The molecule has 19 heavy (non-hydrogen) atoms. The van der Waals surface area contributed by atoms with Gasteiger partial charge < -0.3 is 5.11 Å². The third-order valence-corrected chi connectivity index (χ3v) is 3.67. The zero-order valence-corrected chi connectivity index (χ0v) is 11.7. The van der Waals surface area contributed by atoms with E-state index in [1.165, 1.54) is 5.56 Å². The lowest BCUT2D eigenvalue weighted by molar-refractivity contribution is -0.0250. The maximum atomic E-state index is 9.79. The van der Waals surface area contributed by atoms with E-state index in [0.717, 1.165) is 39.1 Å². The van der Waals surface area contributed by atoms with Crippen LogP contribution in [0.4, 0.5) is 0 Å². The highest BCUT2D eigenvalue weighted by molar-refractivity contribution is 5.48. The molecule has 1 aromatic carbocycles. The fourth-order valence-electron chi connectivity index (χ4n) is 2.40. The van der Waals surface area contributed by atoms with Gasteiger partial charge in [-0.05, 0) is 12.0 Å². The molecule has 1 N–H and O–H groups in total.